The van der Waals surface area contributed by atoms with Crippen LogP contribution in [0.2, 0.25) is 0 Å². The Balaban J connectivity index is 1.50. The Kier molecular flexibility index (Phi) is 3.76. The lowest BCUT2D eigenvalue weighted by molar-refractivity contribution is 0.0791. The number of likely N-dealkylation sites (tertiary alicyclic amines) is 1. The van der Waals surface area contributed by atoms with Crippen molar-refractivity contribution < 1.29 is 4.79 Å². The van der Waals surface area contributed by atoms with Crippen molar-refractivity contribution >= 4 is 17.2 Å². The van der Waals surface area contributed by atoms with Gasteiger partial charge < -0.3 is 4.90 Å². The van der Waals surface area contributed by atoms with Gasteiger partial charge in [0, 0.05) is 23.7 Å². The molecule has 122 valence electrons. The normalized spacial score (nSPS) is 20.8. The molecule has 0 bridgehead atoms. The van der Waals surface area contributed by atoms with Crippen LogP contribution in [0.1, 0.15) is 56.8 Å². The molecule has 0 saturated carbocycles. The standard InChI is InChI=1S/C18H23N3OS/c1-12-9-13(2)21(19-12)15-7-8-20(11-15)18(22)17-10-14-5-3-4-6-16(14)23-17/h9-10,15H,3-8,11H2,1-2H3/t15-/m1/s1. The molecule has 1 aliphatic heterocycles. The first-order valence-corrected chi connectivity index (χ1v) is 9.37. The number of amides is 1. The number of carbonyl (C=O) groups excluding carboxylic acids is 1. The van der Waals surface area contributed by atoms with Gasteiger partial charge in [0.2, 0.25) is 0 Å². The first kappa shape index (κ1) is 14.9. The van der Waals surface area contributed by atoms with Gasteiger partial charge in [-0.05, 0) is 63.6 Å². The van der Waals surface area contributed by atoms with Gasteiger partial charge in [-0.3, -0.25) is 9.48 Å². The van der Waals surface area contributed by atoms with E-state index in [2.05, 4.69) is 28.8 Å². The fourth-order valence-electron chi connectivity index (χ4n) is 3.89. The smallest absolute Gasteiger partial charge is 0.264 e. The Bertz CT molecular complexity index is 722. The van der Waals surface area contributed by atoms with E-state index < -0.39 is 0 Å². The van der Waals surface area contributed by atoms with Crippen LogP contribution in [0, 0.1) is 13.8 Å². The van der Waals surface area contributed by atoms with Gasteiger partial charge in [0.05, 0.1) is 16.6 Å². The second-order valence-corrected chi connectivity index (χ2v) is 7.97. The maximum Gasteiger partial charge on any atom is 0.264 e. The van der Waals surface area contributed by atoms with Gasteiger partial charge >= 0.3 is 0 Å². The van der Waals surface area contributed by atoms with E-state index in [1.807, 2.05) is 11.8 Å². The summed E-state index contributed by atoms with van der Waals surface area (Å²) in [5.74, 6) is 0.216. The van der Waals surface area contributed by atoms with Crippen LogP contribution in [-0.2, 0) is 12.8 Å². The van der Waals surface area contributed by atoms with Crippen molar-refractivity contribution in [3.63, 3.8) is 0 Å². The van der Waals surface area contributed by atoms with Gasteiger partial charge in [-0.2, -0.15) is 5.10 Å². The Morgan fingerprint density at radius 1 is 1.26 bits per heavy atom. The number of carbonyl (C=O) groups is 1. The second kappa shape index (κ2) is 5.78. The lowest BCUT2D eigenvalue weighted by Gasteiger charge is -2.16. The Morgan fingerprint density at radius 2 is 2.09 bits per heavy atom. The number of hydrogen-bond acceptors (Lipinski definition) is 3. The van der Waals surface area contributed by atoms with Crippen LogP contribution in [0.4, 0.5) is 0 Å². The maximum absolute atomic E-state index is 12.8. The van der Waals surface area contributed by atoms with E-state index in [0.29, 0.717) is 6.04 Å². The predicted octanol–water partition coefficient (Wildman–Crippen LogP) is 3.53. The molecular weight excluding hydrogens is 306 g/mol. The molecule has 1 saturated heterocycles. The van der Waals surface area contributed by atoms with Gasteiger partial charge in [-0.1, -0.05) is 0 Å². The van der Waals surface area contributed by atoms with Crippen molar-refractivity contribution in [2.24, 2.45) is 0 Å². The molecule has 23 heavy (non-hydrogen) atoms. The summed E-state index contributed by atoms with van der Waals surface area (Å²) in [7, 11) is 0. The van der Waals surface area contributed by atoms with Gasteiger partial charge in [-0.15, -0.1) is 11.3 Å². The zero-order valence-corrected chi connectivity index (χ0v) is 14.7. The van der Waals surface area contributed by atoms with Crippen LogP contribution < -0.4 is 0 Å². The minimum absolute atomic E-state index is 0.216. The molecule has 0 unspecified atom stereocenters. The number of nitrogens with zero attached hydrogens (tertiary/aromatic N) is 3. The summed E-state index contributed by atoms with van der Waals surface area (Å²) in [6, 6.07) is 4.58. The molecule has 0 spiro atoms. The summed E-state index contributed by atoms with van der Waals surface area (Å²) in [6.45, 7) is 5.74. The van der Waals surface area contributed by atoms with Gasteiger partial charge in [-0.25, -0.2) is 0 Å². The zero-order valence-electron chi connectivity index (χ0n) is 13.8. The Hall–Kier alpha value is -1.62. The van der Waals surface area contributed by atoms with Crippen molar-refractivity contribution in [2.45, 2.75) is 52.0 Å². The number of fused-ring (bicyclic) bond motifs is 1. The third kappa shape index (κ3) is 2.71. The van der Waals surface area contributed by atoms with E-state index in [4.69, 9.17) is 0 Å². The summed E-state index contributed by atoms with van der Waals surface area (Å²) < 4.78 is 2.10. The SMILES string of the molecule is Cc1cc(C)n([C@@H]2CCN(C(=O)c3cc4c(s3)CCCC4)C2)n1. The molecule has 1 fully saturated rings. The maximum atomic E-state index is 12.8. The fourth-order valence-corrected chi connectivity index (χ4v) is 5.12. The molecular formula is C18H23N3OS. The molecule has 3 heterocycles. The Morgan fingerprint density at radius 3 is 2.83 bits per heavy atom. The largest absolute Gasteiger partial charge is 0.336 e. The topological polar surface area (TPSA) is 38.1 Å². The van der Waals surface area contributed by atoms with Crippen LogP contribution in [0.5, 0.6) is 0 Å². The number of thiophene rings is 1. The third-order valence-electron chi connectivity index (χ3n) is 5.05. The monoisotopic (exact) mass is 329 g/mol. The number of aryl methyl sites for hydroxylation is 4. The minimum atomic E-state index is 0.216. The molecule has 2 aliphatic rings. The van der Waals surface area contributed by atoms with Crippen molar-refractivity contribution in [3.8, 4) is 0 Å². The highest BCUT2D eigenvalue weighted by Crippen LogP contribution is 2.32. The molecule has 1 atom stereocenters. The van der Waals surface area contributed by atoms with Crippen molar-refractivity contribution in [2.75, 3.05) is 13.1 Å². The first-order chi connectivity index (χ1) is 11.1. The summed E-state index contributed by atoms with van der Waals surface area (Å²) >= 11 is 1.72. The molecule has 0 radical (unpaired) electrons. The summed E-state index contributed by atoms with van der Waals surface area (Å²) in [5.41, 5.74) is 3.66. The number of rotatable bonds is 2. The highest BCUT2D eigenvalue weighted by Gasteiger charge is 2.30. The first-order valence-electron chi connectivity index (χ1n) is 8.55. The van der Waals surface area contributed by atoms with Gasteiger partial charge in [0.15, 0.2) is 0 Å². The number of hydrogen-bond donors (Lipinski definition) is 0. The van der Waals surface area contributed by atoms with Crippen LogP contribution in [0.25, 0.3) is 0 Å². The molecule has 4 rings (SSSR count). The van der Waals surface area contributed by atoms with Gasteiger partial charge in [0.25, 0.3) is 5.91 Å². The quantitative estimate of drug-likeness (QED) is 0.845. The van der Waals surface area contributed by atoms with Crippen LogP contribution in [-0.4, -0.2) is 33.7 Å². The van der Waals surface area contributed by atoms with Crippen molar-refractivity contribution in [1.29, 1.82) is 0 Å². The van der Waals surface area contributed by atoms with Crippen LogP contribution in [0.3, 0.4) is 0 Å². The summed E-state index contributed by atoms with van der Waals surface area (Å²) in [5, 5.41) is 4.59. The summed E-state index contributed by atoms with van der Waals surface area (Å²) in [6.07, 6.45) is 5.83. The van der Waals surface area contributed by atoms with Crippen LogP contribution in [0.15, 0.2) is 12.1 Å². The van der Waals surface area contributed by atoms with E-state index in [0.717, 1.165) is 42.9 Å². The van der Waals surface area contributed by atoms with E-state index in [1.165, 1.54) is 29.0 Å². The Labute approximate surface area is 141 Å². The lowest BCUT2D eigenvalue weighted by atomic mass is 9.99. The molecule has 5 heteroatoms. The molecule has 2 aromatic rings. The fraction of sp³-hybridized carbons (Fsp3) is 0.556. The van der Waals surface area contributed by atoms with Crippen molar-refractivity contribution in [3.05, 3.63) is 38.8 Å². The summed E-state index contributed by atoms with van der Waals surface area (Å²) in [4.78, 5) is 17.2. The molecule has 0 aromatic carbocycles. The number of aromatic nitrogens is 2. The molecule has 1 amide bonds. The van der Waals surface area contributed by atoms with E-state index >= 15 is 0 Å². The van der Waals surface area contributed by atoms with Gasteiger partial charge in [0.1, 0.15) is 0 Å². The molecule has 1 aliphatic carbocycles. The zero-order chi connectivity index (χ0) is 16.0. The lowest BCUT2D eigenvalue weighted by Crippen LogP contribution is -2.28. The predicted molar refractivity (Wildman–Crippen MR) is 92.2 cm³/mol. The van der Waals surface area contributed by atoms with E-state index in [9.17, 15) is 4.79 Å². The van der Waals surface area contributed by atoms with Crippen molar-refractivity contribution in [1.82, 2.24) is 14.7 Å². The third-order valence-corrected chi connectivity index (χ3v) is 6.27. The minimum Gasteiger partial charge on any atom is -0.336 e. The highest BCUT2D eigenvalue weighted by atomic mass is 32.1. The van der Waals surface area contributed by atoms with E-state index in [1.54, 1.807) is 11.3 Å². The molecule has 4 nitrogen and oxygen atoms in total. The molecule has 2 aromatic heterocycles. The van der Waals surface area contributed by atoms with E-state index in [-0.39, 0.29) is 5.91 Å². The molecule has 0 N–H and O–H groups in total. The second-order valence-electron chi connectivity index (χ2n) is 6.83. The van der Waals surface area contributed by atoms with Crippen LogP contribution >= 0.6 is 11.3 Å². The average molecular weight is 329 g/mol. The highest BCUT2D eigenvalue weighted by molar-refractivity contribution is 7.14. The average Bonchev–Trinajstić information content (AvgIpc) is 3.24.